The van der Waals surface area contributed by atoms with Crippen molar-refractivity contribution in [3.8, 4) is 0 Å². The molecular weight excluding hydrogens is 353 g/mol. The normalized spacial score (nSPS) is 10.4. The minimum absolute atomic E-state index is 0. The molecule has 0 bridgehead atoms. The van der Waals surface area contributed by atoms with Crippen LogP contribution >= 0.6 is 36.2 Å². The van der Waals surface area contributed by atoms with Crippen molar-refractivity contribution in [2.45, 2.75) is 39.2 Å². The number of anilines is 1. The number of nitrogens with zero attached hydrogens (tertiary/aromatic N) is 1. The number of nitrogens with two attached hydrogens (primary N) is 1. The molecular formula is C16H23Cl2N3OS. The Kier molecular flexibility index (Phi) is 8.59. The Bertz CT molecular complexity index is 621. The standard InChI is InChI=1S/C16H21N3OS.2ClH/c1-16(2,3)13-10-21-15(19-13)9-18-14(20)8-11-4-6-12(17)7-5-11;;/h4-7,10H,8-9,17H2,1-3H3,(H,18,20);2*1H. The maximum atomic E-state index is 11.9. The third-order valence-electron chi connectivity index (χ3n) is 3.10. The zero-order valence-electron chi connectivity index (χ0n) is 13.5. The van der Waals surface area contributed by atoms with Gasteiger partial charge in [0.05, 0.1) is 18.7 Å². The van der Waals surface area contributed by atoms with E-state index in [0.29, 0.717) is 18.7 Å². The number of nitrogens with one attached hydrogen (secondary N) is 1. The number of hydrogen-bond donors (Lipinski definition) is 2. The number of nitrogen functional groups attached to an aromatic ring is 1. The number of rotatable bonds is 4. The molecule has 7 heteroatoms. The fourth-order valence-electron chi connectivity index (χ4n) is 1.79. The van der Waals surface area contributed by atoms with Gasteiger partial charge in [0.15, 0.2) is 0 Å². The van der Waals surface area contributed by atoms with Gasteiger partial charge in [0.1, 0.15) is 5.01 Å². The maximum Gasteiger partial charge on any atom is 0.224 e. The fourth-order valence-corrected chi connectivity index (χ4v) is 2.75. The highest BCUT2D eigenvalue weighted by Gasteiger charge is 2.17. The highest BCUT2D eigenvalue weighted by molar-refractivity contribution is 7.09. The third kappa shape index (κ3) is 6.77. The van der Waals surface area contributed by atoms with Crippen molar-refractivity contribution >= 4 is 47.7 Å². The van der Waals surface area contributed by atoms with E-state index in [4.69, 9.17) is 5.73 Å². The number of halogens is 2. The lowest BCUT2D eigenvalue weighted by Gasteiger charge is -2.14. The van der Waals surface area contributed by atoms with E-state index in [-0.39, 0.29) is 36.1 Å². The molecule has 0 saturated heterocycles. The van der Waals surface area contributed by atoms with Crippen molar-refractivity contribution in [2.24, 2.45) is 0 Å². The zero-order chi connectivity index (χ0) is 15.5. The second-order valence-electron chi connectivity index (χ2n) is 6.07. The third-order valence-corrected chi connectivity index (χ3v) is 3.95. The first kappa shape index (κ1) is 21.7. The Morgan fingerprint density at radius 1 is 1.22 bits per heavy atom. The molecule has 0 saturated carbocycles. The van der Waals surface area contributed by atoms with Gasteiger partial charge in [-0.3, -0.25) is 4.79 Å². The van der Waals surface area contributed by atoms with Crippen LogP contribution in [0.4, 0.5) is 5.69 Å². The summed E-state index contributed by atoms with van der Waals surface area (Å²) in [5, 5.41) is 5.90. The van der Waals surface area contributed by atoms with Gasteiger partial charge in [-0.2, -0.15) is 0 Å². The molecule has 2 rings (SSSR count). The fraction of sp³-hybridized carbons (Fsp3) is 0.375. The molecule has 0 radical (unpaired) electrons. The first-order chi connectivity index (χ1) is 9.84. The molecule has 0 aliphatic rings. The lowest BCUT2D eigenvalue weighted by atomic mass is 9.93. The second kappa shape index (κ2) is 9.11. The summed E-state index contributed by atoms with van der Waals surface area (Å²) in [7, 11) is 0. The highest BCUT2D eigenvalue weighted by atomic mass is 35.5. The summed E-state index contributed by atoms with van der Waals surface area (Å²) in [6, 6.07) is 7.35. The van der Waals surface area contributed by atoms with Crippen molar-refractivity contribution < 1.29 is 4.79 Å². The van der Waals surface area contributed by atoms with Gasteiger partial charge in [0.25, 0.3) is 0 Å². The molecule has 128 valence electrons. The molecule has 0 aliphatic heterocycles. The summed E-state index contributed by atoms with van der Waals surface area (Å²) >= 11 is 1.58. The van der Waals surface area contributed by atoms with Gasteiger partial charge >= 0.3 is 0 Å². The Morgan fingerprint density at radius 2 is 1.83 bits per heavy atom. The van der Waals surface area contributed by atoms with Gasteiger partial charge in [-0.25, -0.2) is 4.98 Å². The molecule has 0 aliphatic carbocycles. The minimum Gasteiger partial charge on any atom is -0.399 e. The predicted octanol–water partition coefficient (Wildman–Crippen LogP) is 3.73. The molecule has 23 heavy (non-hydrogen) atoms. The van der Waals surface area contributed by atoms with E-state index in [0.717, 1.165) is 16.3 Å². The topological polar surface area (TPSA) is 68.0 Å². The number of thiazole rings is 1. The summed E-state index contributed by atoms with van der Waals surface area (Å²) in [6.07, 6.45) is 0.359. The van der Waals surface area contributed by atoms with Crippen LogP contribution in [-0.4, -0.2) is 10.9 Å². The van der Waals surface area contributed by atoms with Crippen LogP contribution in [0, 0.1) is 0 Å². The van der Waals surface area contributed by atoms with Crippen LogP contribution in [0.1, 0.15) is 37.0 Å². The average molecular weight is 376 g/mol. The van der Waals surface area contributed by atoms with Gasteiger partial charge in [-0.1, -0.05) is 32.9 Å². The van der Waals surface area contributed by atoms with E-state index < -0.39 is 0 Å². The molecule has 1 aromatic heterocycles. The smallest absolute Gasteiger partial charge is 0.224 e. The maximum absolute atomic E-state index is 11.9. The van der Waals surface area contributed by atoms with E-state index in [9.17, 15) is 4.79 Å². The molecule has 1 aromatic carbocycles. The van der Waals surface area contributed by atoms with E-state index in [1.165, 1.54) is 0 Å². The van der Waals surface area contributed by atoms with Gasteiger partial charge in [-0.05, 0) is 17.7 Å². The lowest BCUT2D eigenvalue weighted by molar-refractivity contribution is -0.120. The van der Waals surface area contributed by atoms with Crippen LogP contribution in [0.2, 0.25) is 0 Å². The van der Waals surface area contributed by atoms with Crippen molar-refractivity contribution in [1.29, 1.82) is 0 Å². The number of aromatic nitrogens is 1. The predicted molar refractivity (Wildman–Crippen MR) is 102 cm³/mol. The van der Waals surface area contributed by atoms with Crippen LogP contribution in [0.25, 0.3) is 0 Å². The van der Waals surface area contributed by atoms with Crippen molar-refractivity contribution in [2.75, 3.05) is 5.73 Å². The van der Waals surface area contributed by atoms with Gasteiger partial charge in [-0.15, -0.1) is 36.2 Å². The number of carbonyl (C=O) groups is 1. The Hall–Kier alpha value is -1.30. The lowest BCUT2D eigenvalue weighted by Crippen LogP contribution is -2.24. The summed E-state index contributed by atoms with van der Waals surface area (Å²) in [6.45, 7) is 6.87. The molecule has 3 N–H and O–H groups in total. The number of amides is 1. The number of carbonyl (C=O) groups excluding carboxylic acids is 1. The molecule has 4 nitrogen and oxygen atoms in total. The van der Waals surface area contributed by atoms with E-state index in [2.05, 4.69) is 36.5 Å². The van der Waals surface area contributed by atoms with Crippen LogP contribution in [0.5, 0.6) is 0 Å². The molecule has 1 heterocycles. The average Bonchev–Trinajstić information content (AvgIpc) is 2.88. The first-order valence-electron chi connectivity index (χ1n) is 6.90. The quantitative estimate of drug-likeness (QED) is 0.799. The zero-order valence-corrected chi connectivity index (χ0v) is 15.9. The number of benzene rings is 1. The monoisotopic (exact) mass is 375 g/mol. The molecule has 2 aromatic rings. The SMILES string of the molecule is CC(C)(C)c1csc(CNC(=O)Cc2ccc(N)cc2)n1.Cl.Cl. The second-order valence-corrected chi connectivity index (χ2v) is 7.01. The summed E-state index contributed by atoms with van der Waals surface area (Å²) < 4.78 is 0. The van der Waals surface area contributed by atoms with Crippen LogP contribution in [-0.2, 0) is 23.2 Å². The van der Waals surface area contributed by atoms with Crippen LogP contribution in [0.15, 0.2) is 29.6 Å². The summed E-state index contributed by atoms with van der Waals surface area (Å²) in [5.74, 6) is -0.00715. The van der Waals surface area contributed by atoms with Crippen molar-refractivity contribution in [3.05, 3.63) is 45.9 Å². The largest absolute Gasteiger partial charge is 0.399 e. The van der Waals surface area contributed by atoms with Gasteiger partial charge < -0.3 is 11.1 Å². The molecule has 0 unspecified atom stereocenters. The van der Waals surface area contributed by atoms with Crippen LogP contribution < -0.4 is 11.1 Å². The highest BCUT2D eigenvalue weighted by Crippen LogP contribution is 2.23. The van der Waals surface area contributed by atoms with E-state index in [1.54, 1.807) is 23.5 Å². The first-order valence-corrected chi connectivity index (χ1v) is 7.78. The van der Waals surface area contributed by atoms with E-state index >= 15 is 0 Å². The Labute approximate surface area is 153 Å². The summed E-state index contributed by atoms with van der Waals surface area (Å²) in [5.41, 5.74) is 8.39. The minimum atomic E-state index is -0.00715. The molecule has 0 atom stereocenters. The molecule has 1 amide bonds. The van der Waals surface area contributed by atoms with Crippen molar-refractivity contribution in [1.82, 2.24) is 10.3 Å². The van der Waals surface area contributed by atoms with E-state index in [1.807, 2.05) is 12.1 Å². The van der Waals surface area contributed by atoms with Crippen molar-refractivity contribution in [3.63, 3.8) is 0 Å². The Balaban J connectivity index is 0.00000242. The van der Waals surface area contributed by atoms with Gasteiger partial charge in [0, 0.05) is 16.5 Å². The Morgan fingerprint density at radius 3 is 2.35 bits per heavy atom. The van der Waals surface area contributed by atoms with Crippen LogP contribution in [0.3, 0.4) is 0 Å². The molecule has 0 fully saturated rings. The summed E-state index contributed by atoms with van der Waals surface area (Å²) in [4.78, 5) is 16.5. The number of hydrogen-bond acceptors (Lipinski definition) is 4. The van der Waals surface area contributed by atoms with Gasteiger partial charge in [0.2, 0.25) is 5.91 Å². The molecule has 0 spiro atoms.